The highest BCUT2D eigenvalue weighted by atomic mass is 19.3. The van der Waals surface area contributed by atoms with Crippen molar-refractivity contribution in [1.82, 2.24) is 4.90 Å². The highest BCUT2D eigenvalue weighted by Gasteiger charge is 2.36. The number of cyclic esters (lactones) is 1. The smallest absolute Gasteiger partial charge is 0.410 e. The number of benzene rings is 2. The summed E-state index contributed by atoms with van der Waals surface area (Å²) in [7, 11) is 0. The van der Waals surface area contributed by atoms with Gasteiger partial charge in [0.05, 0.1) is 11.6 Å². The fraction of sp³-hybridized carbons (Fsp3) is 0.304. The molecule has 2 unspecified atom stereocenters. The zero-order valence-electron chi connectivity index (χ0n) is 16.7. The minimum Gasteiger partial charge on any atom is -0.478 e. The Hall–Kier alpha value is -3.26. The van der Waals surface area contributed by atoms with Crippen LogP contribution >= 0.6 is 0 Å². The first-order chi connectivity index (χ1) is 14.9. The molecule has 1 aliphatic heterocycles. The van der Waals surface area contributed by atoms with E-state index in [0.29, 0.717) is 29.5 Å². The van der Waals surface area contributed by atoms with E-state index in [9.17, 15) is 28.6 Å². The molecule has 0 aliphatic carbocycles. The first-order valence-electron chi connectivity index (χ1n) is 9.86. The standard InChI is InChI=1S/C23H23F2NO5/c24-21(25)20(27)13-18(16-7-2-1-3-8-16)19-14-31-23(30)26(19)12-6-10-15-9-4-5-11-17(15)22(28)29/h1-5,7-9,11,13,19-21,27H,6,10,12,14H2,(H,28,29). The van der Waals surface area contributed by atoms with Gasteiger partial charge in [-0.15, -0.1) is 0 Å². The van der Waals surface area contributed by atoms with E-state index in [1.807, 2.05) is 0 Å². The lowest BCUT2D eigenvalue weighted by molar-refractivity contribution is 0.0242. The molecule has 0 bridgehead atoms. The third-order valence-corrected chi connectivity index (χ3v) is 5.14. The van der Waals surface area contributed by atoms with Crippen LogP contribution in [0.25, 0.3) is 5.57 Å². The number of aliphatic hydroxyl groups is 1. The van der Waals surface area contributed by atoms with Crippen LogP contribution in [0.5, 0.6) is 0 Å². The summed E-state index contributed by atoms with van der Waals surface area (Å²) in [6, 6.07) is 14.7. The molecule has 6 nitrogen and oxygen atoms in total. The molecule has 1 amide bonds. The second-order valence-electron chi connectivity index (χ2n) is 7.17. The number of ether oxygens (including phenoxy) is 1. The number of carboxylic acids is 1. The van der Waals surface area contributed by atoms with Gasteiger partial charge in [0.15, 0.2) is 0 Å². The SMILES string of the molecule is O=C(O)c1ccccc1CCCN1C(=O)OCC1C(=CC(O)C(F)F)c1ccccc1. The molecule has 1 aliphatic rings. The quantitative estimate of drug-likeness (QED) is 0.630. The van der Waals surface area contributed by atoms with E-state index in [0.717, 1.165) is 6.08 Å². The third kappa shape index (κ3) is 5.46. The van der Waals surface area contributed by atoms with Crippen LogP contribution in [0.1, 0.15) is 27.9 Å². The van der Waals surface area contributed by atoms with Gasteiger partial charge in [0, 0.05) is 6.54 Å². The maximum Gasteiger partial charge on any atom is 0.410 e. The number of nitrogens with zero attached hydrogens (tertiary/aromatic N) is 1. The van der Waals surface area contributed by atoms with Crippen molar-refractivity contribution in [3.63, 3.8) is 0 Å². The summed E-state index contributed by atoms with van der Waals surface area (Å²) in [5.74, 6) is -1.02. The minimum absolute atomic E-state index is 0.0266. The summed E-state index contributed by atoms with van der Waals surface area (Å²) >= 11 is 0. The summed E-state index contributed by atoms with van der Waals surface area (Å²) in [4.78, 5) is 25.1. The second-order valence-corrected chi connectivity index (χ2v) is 7.17. The van der Waals surface area contributed by atoms with Crippen molar-refractivity contribution in [3.05, 3.63) is 77.4 Å². The first kappa shape index (κ1) is 22.4. The summed E-state index contributed by atoms with van der Waals surface area (Å²) in [5.41, 5.74) is 1.83. The maximum absolute atomic E-state index is 13.0. The molecular weight excluding hydrogens is 408 g/mol. The molecular formula is C23H23F2NO5. The number of hydrogen-bond acceptors (Lipinski definition) is 4. The monoisotopic (exact) mass is 431 g/mol. The average molecular weight is 431 g/mol. The molecule has 164 valence electrons. The van der Waals surface area contributed by atoms with E-state index in [2.05, 4.69) is 0 Å². The van der Waals surface area contributed by atoms with Crippen molar-refractivity contribution in [2.75, 3.05) is 13.2 Å². The van der Waals surface area contributed by atoms with Crippen molar-refractivity contribution >= 4 is 17.6 Å². The summed E-state index contributed by atoms with van der Waals surface area (Å²) in [6.45, 7) is 0.216. The van der Waals surface area contributed by atoms with Gasteiger partial charge in [-0.1, -0.05) is 48.5 Å². The van der Waals surface area contributed by atoms with Crippen LogP contribution in [0.15, 0.2) is 60.7 Å². The second kappa shape index (κ2) is 10.2. The molecule has 2 aromatic rings. The Morgan fingerprint density at radius 3 is 2.52 bits per heavy atom. The number of aliphatic hydroxyl groups excluding tert-OH is 1. The zero-order valence-corrected chi connectivity index (χ0v) is 16.7. The molecule has 2 atom stereocenters. The Balaban J connectivity index is 1.79. The van der Waals surface area contributed by atoms with Crippen molar-refractivity contribution in [3.8, 4) is 0 Å². The Morgan fingerprint density at radius 2 is 1.84 bits per heavy atom. The van der Waals surface area contributed by atoms with Gasteiger partial charge >= 0.3 is 12.1 Å². The number of carbonyl (C=O) groups is 2. The van der Waals surface area contributed by atoms with E-state index < -0.39 is 30.6 Å². The molecule has 2 N–H and O–H groups in total. The average Bonchev–Trinajstić information content (AvgIpc) is 3.12. The van der Waals surface area contributed by atoms with Gasteiger partial charge in [0.25, 0.3) is 6.43 Å². The lowest BCUT2D eigenvalue weighted by Gasteiger charge is -2.25. The summed E-state index contributed by atoms with van der Waals surface area (Å²) < 4.78 is 31.2. The Bertz CT molecular complexity index is 948. The fourth-order valence-corrected chi connectivity index (χ4v) is 3.63. The van der Waals surface area contributed by atoms with Crippen LogP contribution in [-0.4, -0.2) is 58.9 Å². The molecule has 31 heavy (non-hydrogen) atoms. The Labute approximate surface area is 178 Å². The van der Waals surface area contributed by atoms with Crippen LogP contribution in [-0.2, 0) is 11.2 Å². The van der Waals surface area contributed by atoms with Gasteiger partial charge < -0.3 is 14.9 Å². The number of aromatic carboxylic acids is 1. The van der Waals surface area contributed by atoms with Gasteiger partial charge in [0.2, 0.25) is 0 Å². The molecule has 1 saturated heterocycles. The number of carbonyl (C=O) groups excluding carboxylic acids is 1. The number of amides is 1. The molecule has 1 fully saturated rings. The number of hydrogen-bond donors (Lipinski definition) is 2. The van der Waals surface area contributed by atoms with E-state index in [1.165, 1.54) is 11.0 Å². The molecule has 0 radical (unpaired) electrons. The molecule has 3 rings (SSSR count). The predicted molar refractivity (Wildman–Crippen MR) is 110 cm³/mol. The van der Waals surface area contributed by atoms with Crippen molar-refractivity contribution in [2.24, 2.45) is 0 Å². The Kier molecular flexibility index (Phi) is 7.36. The van der Waals surface area contributed by atoms with Crippen molar-refractivity contribution in [2.45, 2.75) is 31.4 Å². The van der Waals surface area contributed by atoms with E-state index >= 15 is 0 Å². The lowest BCUT2D eigenvalue weighted by Crippen LogP contribution is -2.36. The maximum atomic E-state index is 13.0. The normalized spacial score (nSPS) is 17.7. The largest absolute Gasteiger partial charge is 0.478 e. The fourth-order valence-electron chi connectivity index (χ4n) is 3.63. The number of rotatable bonds is 9. The third-order valence-electron chi connectivity index (χ3n) is 5.14. The molecule has 2 aromatic carbocycles. The molecule has 0 spiro atoms. The van der Waals surface area contributed by atoms with E-state index in [1.54, 1.807) is 48.5 Å². The summed E-state index contributed by atoms with van der Waals surface area (Å²) in [6.07, 6.45) is -3.57. The number of halogens is 2. The highest BCUT2D eigenvalue weighted by Crippen LogP contribution is 2.29. The van der Waals surface area contributed by atoms with Crippen LogP contribution in [0.2, 0.25) is 0 Å². The Morgan fingerprint density at radius 1 is 1.16 bits per heavy atom. The van der Waals surface area contributed by atoms with Gasteiger partial charge in [0.1, 0.15) is 12.7 Å². The molecule has 8 heteroatoms. The van der Waals surface area contributed by atoms with Crippen LogP contribution in [0.4, 0.5) is 13.6 Å². The lowest BCUT2D eigenvalue weighted by atomic mass is 9.96. The van der Waals surface area contributed by atoms with Crippen LogP contribution < -0.4 is 0 Å². The molecule has 0 aromatic heterocycles. The van der Waals surface area contributed by atoms with Gasteiger partial charge in [-0.3, -0.25) is 4.90 Å². The first-order valence-corrected chi connectivity index (χ1v) is 9.86. The zero-order chi connectivity index (χ0) is 22.4. The predicted octanol–water partition coefficient (Wildman–Crippen LogP) is 3.85. The van der Waals surface area contributed by atoms with E-state index in [-0.39, 0.29) is 18.7 Å². The number of aryl methyl sites for hydroxylation is 1. The summed E-state index contributed by atoms with van der Waals surface area (Å²) in [5, 5.41) is 19.1. The number of alkyl halides is 2. The van der Waals surface area contributed by atoms with Gasteiger partial charge in [-0.25, -0.2) is 18.4 Å². The van der Waals surface area contributed by atoms with Crippen LogP contribution in [0.3, 0.4) is 0 Å². The van der Waals surface area contributed by atoms with Crippen LogP contribution in [0, 0.1) is 0 Å². The minimum atomic E-state index is -2.96. The highest BCUT2D eigenvalue weighted by molar-refractivity contribution is 5.89. The van der Waals surface area contributed by atoms with Gasteiger partial charge in [-0.2, -0.15) is 0 Å². The number of carboxylic acid groups (broad SMARTS) is 1. The molecule has 0 saturated carbocycles. The topological polar surface area (TPSA) is 87.1 Å². The van der Waals surface area contributed by atoms with Gasteiger partial charge in [-0.05, 0) is 41.7 Å². The van der Waals surface area contributed by atoms with E-state index in [4.69, 9.17) is 4.74 Å². The molecule has 1 heterocycles. The van der Waals surface area contributed by atoms with Crippen molar-refractivity contribution in [1.29, 1.82) is 0 Å². The van der Waals surface area contributed by atoms with Crippen molar-refractivity contribution < 1.29 is 33.3 Å².